The van der Waals surface area contributed by atoms with Crippen molar-refractivity contribution >= 4 is 23.6 Å². The lowest BCUT2D eigenvalue weighted by atomic mass is 10.1. The summed E-state index contributed by atoms with van der Waals surface area (Å²) in [6.45, 7) is 5.58. The summed E-state index contributed by atoms with van der Waals surface area (Å²) in [6.07, 6.45) is 0. The minimum Gasteiger partial charge on any atom is -0.452 e. The molecule has 0 aliphatic heterocycles. The molecule has 0 aromatic heterocycles. The van der Waals surface area contributed by atoms with Gasteiger partial charge >= 0.3 is 5.97 Å². The van der Waals surface area contributed by atoms with E-state index in [0.717, 1.165) is 4.90 Å². The van der Waals surface area contributed by atoms with Gasteiger partial charge < -0.3 is 10.1 Å². The first-order valence-corrected chi connectivity index (χ1v) is 9.46. The molecule has 0 aliphatic rings. The van der Waals surface area contributed by atoms with Gasteiger partial charge in [0.05, 0.1) is 11.1 Å². The van der Waals surface area contributed by atoms with Crippen LogP contribution >= 0.6 is 11.8 Å². The minimum atomic E-state index is -0.570. The van der Waals surface area contributed by atoms with E-state index in [-0.39, 0.29) is 18.6 Å². The zero-order valence-electron chi connectivity index (χ0n) is 15.6. The van der Waals surface area contributed by atoms with E-state index in [4.69, 9.17) is 4.74 Å². The summed E-state index contributed by atoms with van der Waals surface area (Å²) in [5, 5.41) is 12.0. The van der Waals surface area contributed by atoms with Gasteiger partial charge in [0.1, 0.15) is 6.07 Å². The van der Waals surface area contributed by atoms with Crippen molar-refractivity contribution in [3.63, 3.8) is 0 Å². The second-order valence-corrected chi connectivity index (χ2v) is 7.47. The quantitative estimate of drug-likeness (QED) is 0.732. The molecular weight excluding hydrogens is 360 g/mol. The summed E-state index contributed by atoms with van der Waals surface area (Å²) in [6, 6.07) is 16.3. The molecule has 0 saturated carbocycles. The smallest absolute Gasteiger partial charge is 0.339 e. The van der Waals surface area contributed by atoms with Crippen molar-refractivity contribution in [1.29, 1.82) is 5.26 Å². The molecule has 140 valence electrons. The van der Waals surface area contributed by atoms with Crippen LogP contribution in [0.15, 0.2) is 58.3 Å². The van der Waals surface area contributed by atoms with E-state index < -0.39 is 5.97 Å². The summed E-state index contributed by atoms with van der Waals surface area (Å²) < 4.78 is 5.18. The van der Waals surface area contributed by atoms with Crippen molar-refractivity contribution in [3.8, 4) is 6.07 Å². The first-order valence-electron chi connectivity index (χ1n) is 8.65. The number of hydrogen-bond acceptors (Lipinski definition) is 5. The molecule has 0 spiro atoms. The summed E-state index contributed by atoms with van der Waals surface area (Å²) in [5.74, 6) is -0.605. The summed E-state index contributed by atoms with van der Waals surface area (Å²) >= 11 is 1.32. The fourth-order valence-electron chi connectivity index (χ4n) is 2.16. The van der Waals surface area contributed by atoms with Crippen LogP contribution in [0.5, 0.6) is 0 Å². The molecule has 1 N–H and O–H groups in total. The molecule has 0 bridgehead atoms. The van der Waals surface area contributed by atoms with Crippen LogP contribution in [0, 0.1) is 17.2 Å². The van der Waals surface area contributed by atoms with Gasteiger partial charge in [-0.2, -0.15) is 5.26 Å². The Bertz CT molecular complexity index is 859. The molecule has 2 aromatic rings. The van der Waals surface area contributed by atoms with E-state index in [1.165, 1.54) is 11.8 Å². The maximum absolute atomic E-state index is 12.5. The Hall–Kier alpha value is -2.78. The predicted octanol–water partition coefficient (Wildman–Crippen LogP) is 4.03. The summed E-state index contributed by atoms with van der Waals surface area (Å²) in [7, 11) is 0. The first-order chi connectivity index (χ1) is 12.9. The average molecular weight is 382 g/mol. The third-order valence-corrected chi connectivity index (χ3v) is 5.21. The van der Waals surface area contributed by atoms with Crippen molar-refractivity contribution in [2.45, 2.75) is 36.6 Å². The second-order valence-electron chi connectivity index (χ2n) is 6.38. The molecule has 0 heterocycles. The van der Waals surface area contributed by atoms with Crippen LogP contribution in [-0.4, -0.2) is 24.5 Å². The van der Waals surface area contributed by atoms with Crippen LogP contribution in [0.3, 0.4) is 0 Å². The molecule has 0 aliphatic carbocycles. The molecule has 5 nitrogen and oxygen atoms in total. The first kappa shape index (κ1) is 20.5. The van der Waals surface area contributed by atoms with Gasteiger partial charge in [0.2, 0.25) is 0 Å². The Morgan fingerprint density at radius 1 is 1.07 bits per heavy atom. The summed E-state index contributed by atoms with van der Waals surface area (Å²) in [4.78, 5) is 25.8. The van der Waals surface area contributed by atoms with Crippen molar-refractivity contribution in [2.24, 2.45) is 5.92 Å². The van der Waals surface area contributed by atoms with Gasteiger partial charge in [-0.05, 0) is 37.1 Å². The van der Waals surface area contributed by atoms with Gasteiger partial charge in [-0.25, -0.2) is 4.79 Å². The normalized spacial score (nSPS) is 11.5. The molecule has 2 aromatic carbocycles. The number of ether oxygens (including phenoxy) is 1. The zero-order chi connectivity index (χ0) is 19.8. The summed E-state index contributed by atoms with van der Waals surface area (Å²) in [5.41, 5.74) is 0.896. The maximum Gasteiger partial charge on any atom is 0.339 e. The minimum absolute atomic E-state index is 0.00141. The molecule has 1 amide bonds. The van der Waals surface area contributed by atoms with E-state index in [2.05, 4.69) is 11.4 Å². The third-order valence-electron chi connectivity index (χ3n) is 4.06. The van der Waals surface area contributed by atoms with Crippen molar-refractivity contribution in [2.75, 3.05) is 6.61 Å². The van der Waals surface area contributed by atoms with Crippen LogP contribution < -0.4 is 5.32 Å². The van der Waals surface area contributed by atoms with Gasteiger partial charge in [-0.3, -0.25) is 4.79 Å². The van der Waals surface area contributed by atoms with E-state index in [0.29, 0.717) is 21.9 Å². The molecule has 0 saturated heterocycles. The number of nitrogens with one attached hydrogen (secondary N) is 1. The number of nitrogens with zero attached hydrogens (tertiary/aromatic N) is 1. The molecule has 1 atom stereocenters. The maximum atomic E-state index is 12.5. The van der Waals surface area contributed by atoms with Gasteiger partial charge in [-0.1, -0.05) is 49.9 Å². The van der Waals surface area contributed by atoms with Gasteiger partial charge in [-0.15, -0.1) is 0 Å². The number of hydrogen-bond donors (Lipinski definition) is 1. The lowest BCUT2D eigenvalue weighted by molar-refractivity contribution is -0.125. The lowest BCUT2D eigenvalue weighted by Gasteiger charge is -2.17. The van der Waals surface area contributed by atoms with Crippen LogP contribution in [-0.2, 0) is 9.53 Å². The van der Waals surface area contributed by atoms with Crippen LogP contribution in [0.2, 0.25) is 0 Å². The fourth-order valence-corrected chi connectivity index (χ4v) is 3.18. The average Bonchev–Trinajstić information content (AvgIpc) is 2.66. The fraction of sp³-hybridized carbons (Fsp3) is 0.286. The number of rotatable bonds is 7. The Morgan fingerprint density at radius 3 is 2.37 bits per heavy atom. The monoisotopic (exact) mass is 382 g/mol. The van der Waals surface area contributed by atoms with Crippen molar-refractivity contribution < 1.29 is 14.3 Å². The standard InChI is InChI=1S/C21H22N2O3S/c1-14(2)15(3)23-20(24)13-26-21(25)17-9-5-7-11-19(17)27-18-10-6-4-8-16(18)12-22/h4-11,14-15H,13H2,1-3H3,(H,23,24)/t15-/m0/s1. The highest BCUT2D eigenvalue weighted by molar-refractivity contribution is 7.99. The number of esters is 1. The zero-order valence-corrected chi connectivity index (χ0v) is 16.4. The van der Waals surface area contributed by atoms with Crippen LogP contribution in [0.25, 0.3) is 0 Å². The van der Waals surface area contributed by atoms with Gasteiger partial charge in [0.15, 0.2) is 6.61 Å². The van der Waals surface area contributed by atoms with E-state index in [1.54, 1.807) is 30.3 Å². The highest BCUT2D eigenvalue weighted by atomic mass is 32.2. The predicted molar refractivity (Wildman–Crippen MR) is 104 cm³/mol. The largest absolute Gasteiger partial charge is 0.452 e. The molecule has 0 radical (unpaired) electrons. The number of carbonyl (C=O) groups excluding carboxylic acids is 2. The molecule has 6 heteroatoms. The van der Waals surface area contributed by atoms with E-state index in [9.17, 15) is 14.9 Å². The Morgan fingerprint density at radius 2 is 1.70 bits per heavy atom. The second kappa shape index (κ2) is 9.79. The highest BCUT2D eigenvalue weighted by Crippen LogP contribution is 2.32. The third kappa shape index (κ3) is 5.87. The van der Waals surface area contributed by atoms with Gasteiger partial charge in [0.25, 0.3) is 5.91 Å². The highest BCUT2D eigenvalue weighted by Gasteiger charge is 2.17. The number of carbonyl (C=O) groups is 2. The molecule has 0 unspecified atom stereocenters. The Balaban J connectivity index is 2.07. The van der Waals surface area contributed by atoms with E-state index >= 15 is 0 Å². The lowest BCUT2D eigenvalue weighted by Crippen LogP contribution is -2.38. The van der Waals surface area contributed by atoms with Gasteiger partial charge in [0, 0.05) is 15.8 Å². The SMILES string of the molecule is CC(C)[C@H](C)NC(=O)COC(=O)c1ccccc1Sc1ccccc1C#N. The topological polar surface area (TPSA) is 79.2 Å². The molecular formula is C21H22N2O3S. The molecule has 0 fully saturated rings. The Kier molecular flexibility index (Phi) is 7.44. The molecule has 27 heavy (non-hydrogen) atoms. The number of amides is 1. The Labute approximate surface area is 163 Å². The number of nitriles is 1. The van der Waals surface area contributed by atoms with Crippen LogP contribution in [0.1, 0.15) is 36.7 Å². The number of benzene rings is 2. The van der Waals surface area contributed by atoms with E-state index in [1.807, 2.05) is 39.0 Å². The van der Waals surface area contributed by atoms with Crippen molar-refractivity contribution in [3.05, 3.63) is 59.7 Å². The van der Waals surface area contributed by atoms with Crippen LogP contribution in [0.4, 0.5) is 0 Å². The van der Waals surface area contributed by atoms with Crippen molar-refractivity contribution in [1.82, 2.24) is 5.32 Å². The molecule has 2 rings (SSSR count).